The fraction of sp³-hybridized carbons (Fsp3) is 0.154. The van der Waals surface area contributed by atoms with Crippen molar-refractivity contribution in [2.75, 3.05) is 5.32 Å². The molecular weight excluding hydrogens is 448 g/mol. The second-order valence-corrected chi connectivity index (χ2v) is 9.17. The summed E-state index contributed by atoms with van der Waals surface area (Å²) in [6.45, 7) is 3.79. The Kier molecular flexibility index (Phi) is 5.42. The van der Waals surface area contributed by atoms with Crippen molar-refractivity contribution in [1.82, 2.24) is 24.4 Å². The Morgan fingerprint density at radius 2 is 1.68 bits per heavy atom. The van der Waals surface area contributed by atoms with Crippen LogP contribution in [0.5, 0.6) is 0 Å². The van der Waals surface area contributed by atoms with Crippen LogP contribution in [0.1, 0.15) is 19.4 Å². The monoisotopic (exact) mass is 470 g/mol. The van der Waals surface area contributed by atoms with E-state index in [-0.39, 0.29) is 5.91 Å². The molecule has 0 aliphatic rings. The van der Waals surface area contributed by atoms with E-state index in [1.165, 1.54) is 0 Å². The van der Waals surface area contributed by atoms with Crippen molar-refractivity contribution in [3.63, 3.8) is 0 Å². The lowest BCUT2D eigenvalue weighted by molar-refractivity contribution is -0.120. The molecule has 3 heterocycles. The van der Waals surface area contributed by atoms with Gasteiger partial charge < -0.3 is 5.32 Å². The Morgan fingerprint density at radius 1 is 0.941 bits per heavy atom. The summed E-state index contributed by atoms with van der Waals surface area (Å²) in [5, 5.41) is 12.3. The summed E-state index contributed by atoms with van der Waals surface area (Å²) in [5.74, 6) is -0.0975. The molecule has 1 N–H and O–H groups in total. The number of nitrogens with one attached hydrogen (secondary N) is 1. The highest BCUT2D eigenvalue weighted by molar-refractivity contribution is 6.30. The van der Waals surface area contributed by atoms with E-state index in [1.54, 1.807) is 23.1 Å². The predicted molar refractivity (Wildman–Crippen MR) is 134 cm³/mol. The standard InChI is InChI=1S/C26H23ClN6O/c1-26(2,20-6-8-21(27)9-7-20)25(34)31-22-10-4-17(5-11-22)24-23-12-18(15-33(23)30-16-28-24)19-13-29-32(3)14-19/h4-16H,1-3H3,(H,31,34). The van der Waals surface area contributed by atoms with E-state index in [1.807, 2.05) is 80.4 Å². The van der Waals surface area contributed by atoms with Crippen molar-refractivity contribution in [3.05, 3.63) is 90.1 Å². The van der Waals surface area contributed by atoms with E-state index in [0.717, 1.165) is 33.5 Å². The van der Waals surface area contributed by atoms with Gasteiger partial charge in [-0.3, -0.25) is 9.48 Å². The number of hydrogen-bond donors (Lipinski definition) is 1. The molecule has 8 heteroatoms. The largest absolute Gasteiger partial charge is 0.325 e. The van der Waals surface area contributed by atoms with Gasteiger partial charge in [0, 0.05) is 46.8 Å². The number of anilines is 1. The second kappa shape index (κ2) is 8.43. The van der Waals surface area contributed by atoms with Crippen LogP contribution in [0.2, 0.25) is 5.02 Å². The molecule has 0 saturated carbocycles. The van der Waals surface area contributed by atoms with Crippen LogP contribution in [-0.4, -0.2) is 30.3 Å². The molecule has 0 radical (unpaired) electrons. The van der Waals surface area contributed by atoms with E-state index in [0.29, 0.717) is 10.7 Å². The number of benzene rings is 2. The topological polar surface area (TPSA) is 77.1 Å². The van der Waals surface area contributed by atoms with Gasteiger partial charge in [-0.25, -0.2) is 9.50 Å². The van der Waals surface area contributed by atoms with E-state index >= 15 is 0 Å². The van der Waals surface area contributed by atoms with Crippen LogP contribution >= 0.6 is 11.6 Å². The molecule has 1 amide bonds. The fourth-order valence-corrected chi connectivity index (χ4v) is 4.00. The highest BCUT2D eigenvalue weighted by Gasteiger charge is 2.29. The fourth-order valence-electron chi connectivity index (χ4n) is 3.88. The van der Waals surface area contributed by atoms with Crippen molar-refractivity contribution in [1.29, 1.82) is 0 Å². The van der Waals surface area contributed by atoms with Gasteiger partial charge in [0.05, 0.1) is 22.8 Å². The lowest BCUT2D eigenvalue weighted by Gasteiger charge is -2.24. The van der Waals surface area contributed by atoms with Gasteiger partial charge in [-0.15, -0.1) is 0 Å². The van der Waals surface area contributed by atoms with Gasteiger partial charge in [0.25, 0.3) is 0 Å². The molecule has 3 aromatic heterocycles. The van der Waals surface area contributed by atoms with Crippen molar-refractivity contribution in [2.45, 2.75) is 19.3 Å². The highest BCUT2D eigenvalue weighted by atomic mass is 35.5. The van der Waals surface area contributed by atoms with Gasteiger partial charge in [-0.05, 0) is 49.7 Å². The molecule has 0 atom stereocenters. The molecule has 170 valence electrons. The van der Waals surface area contributed by atoms with E-state index < -0.39 is 5.41 Å². The summed E-state index contributed by atoms with van der Waals surface area (Å²) < 4.78 is 3.58. The number of carbonyl (C=O) groups is 1. The number of hydrogen-bond acceptors (Lipinski definition) is 4. The molecule has 0 fully saturated rings. The lowest BCUT2D eigenvalue weighted by Crippen LogP contribution is -2.34. The number of rotatable bonds is 5. The predicted octanol–water partition coefficient (Wildman–Crippen LogP) is 5.37. The summed E-state index contributed by atoms with van der Waals surface area (Å²) in [6.07, 6.45) is 7.29. The average Bonchev–Trinajstić information content (AvgIpc) is 3.46. The molecule has 0 aliphatic carbocycles. The number of halogens is 1. The Labute approximate surface area is 202 Å². The average molecular weight is 471 g/mol. The van der Waals surface area contributed by atoms with Gasteiger partial charge in [0.1, 0.15) is 6.33 Å². The molecule has 5 rings (SSSR count). The van der Waals surface area contributed by atoms with Gasteiger partial charge in [0.2, 0.25) is 5.91 Å². The van der Waals surface area contributed by atoms with Crippen molar-refractivity contribution < 1.29 is 4.79 Å². The van der Waals surface area contributed by atoms with Gasteiger partial charge in [0.15, 0.2) is 0 Å². The van der Waals surface area contributed by atoms with E-state index in [2.05, 4.69) is 26.6 Å². The number of aryl methyl sites for hydroxylation is 1. The first-order valence-corrected chi connectivity index (χ1v) is 11.2. The van der Waals surface area contributed by atoms with Gasteiger partial charge in [-0.1, -0.05) is 35.9 Å². The lowest BCUT2D eigenvalue weighted by atomic mass is 9.83. The molecule has 0 spiro atoms. The Hall–Kier alpha value is -3.97. The minimum absolute atomic E-state index is 0.0975. The van der Waals surface area contributed by atoms with Crippen LogP contribution in [0.15, 0.2) is 79.5 Å². The number of amides is 1. The minimum atomic E-state index is -0.712. The zero-order valence-corrected chi connectivity index (χ0v) is 19.8. The first-order chi connectivity index (χ1) is 16.3. The molecular formula is C26H23ClN6O. The summed E-state index contributed by atoms with van der Waals surface area (Å²) in [4.78, 5) is 17.5. The summed E-state index contributed by atoms with van der Waals surface area (Å²) in [5.41, 5.74) is 5.56. The molecule has 0 bridgehead atoms. The van der Waals surface area contributed by atoms with Crippen LogP contribution < -0.4 is 5.32 Å². The molecule has 0 saturated heterocycles. The first-order valence-electron chi connectivity index (χ1n) is 10.8. The van der Waals surface area contributed by atoms with Crippen LogP contribution in [0.25, 0.3) is 27.9 Å². The van der Waals surface area contributed by atoms with Crippen LogP contribution in [0.3, 0.4) is 0 Å². The second-order valence-electron chi connectivity index (χ2n) is 8.73. The minimum Gasteiger partial charge on any atom is -0.325 e. The summed E-state index contributed by atoms with van der Waals surface area (Å²) in [7, 11) is 1.89. The maximum atomic E-state index is 13.0. The van der Waals surface area contributed by atoms with Crippen LogP contribution in [0.4, 0.5) is 5.69 Å². The van der Waals surface area contributed by atoms with E-state index in [4.69, 9.17) is 11.6 Å². The Morgan fingerprint density at radius 3 is 2.35 bits per heavy atom. The Bertz CT molecular complexity index is 1480. The molecule has 0 unspecified atom stereocenters. The third kappa shape index (κ3) is 4.06. The number of aromatic nitrogens is 5. The molecule has 34 heavy (non-hydrogen) atoms. The normalized spacial score (nSPS) is 11.6. The molecule has 2 aromatic carbocycles. The number of carbonyl (C=O) groups excluding carboxylic acids is 1. The third-order valence-electron chi connectivity index (χ3n) is 5.99. The molecule has 7 nitrogen and oxygen atoms in total. The highest BCUT2D eigenvalue weighted by Crippen LogP contribution is 2.30. The number of nitrogens with zero attached hydrogens (tertiary/aromatic N) is 5. The summed E-state index contributed by atoms with van der Waals surface area (Å²) in [6, 6.07) is 17.1. The number of fused-ring (bicyclic) bond motifs is 1. The SMILES string of the molecule is Cn1cc(-c2cc3c(-c4ccc(NC(=O)C(C)(C)c5ccc(Cl)cc5)cc4)ncnn3c2)cn1. The smallest absolute Gasteiger partial charge is 0.234 e. The molecule has 0 aliphatic heterocycles. The zero-order valence-electron chi connectivity index (χ0n) is 19.0. The zero-order chi connectivity index (χ0) is 23.9. The van der Waals surface area contributed by atoms with Crippen molar-refractivity contribution in [2.24, 2.45) is 7.05 Å². The van der Waals surface area contributed by atoms with Crippen molar-refractivity contribution in [3.8, 4) is 22.4 Å². The summed E-state index contributed by atoms with van der Waals surface area (Å²) >= 11 is 5.99. The van der Waals surface area contributed by atoms with Crippen LogP contribution in [-0.2, 0) is 17.3 Å². The molecule has 5 aromatic rings. The van der Waals surface area contributed by atoms with E-state index in [9.17, 15) is 4.79 Å². The van der Waals surface area contributed by atoms with Gasteiger partial charge in [-0.2, -0.15) is 10.2 Å². The first kappa shape index (κ1) is 21.9. The third-order valence-corrected chi connectivity index (χ3v) is 6.25. The van der Waals surface area contributed by atoms with Crippen LogP contribution in [0, 0.1) is 0 Å². The van der Waals surface area contributed by atoms with Gasteiger partial charge >= 0.3 is 0 Å². The maximum Gasteiger partial charge on any atom is 0.234 e. The quantitative estimate of drug-likeness (QED) is 0.375. The van der Waals surface area contributed by atoms with Crippen molar-refractivity contribution >= 4 is 28.7 Å². The Balaban J connectivity index is 1.39. The maximum absolute atomic E-state index is 13.0.